The molecule has 100 valence electrons. The van der Waals surface area contributed by atoms with Gasteiger partial charge in [0, 0.05) is 0 Å². The minimum absolute atomic E-state index is 0.0330. The van der Waals surface area contributed by atoms with Crippen molar-refractivity contribution in [3.8, 4) is 0 Å². The highest BCUT2D eigenvalue weighted by atomic mass is 32.2. The maximum atomic E-state index is 12.6. The summed E-state index contributed by atoms with van der Waals surface area (Å²) in [5, 5.41) is 0. The molecule has 0 aliphatic rings. The number of rotatable bonds is 2. The minimum atomic E-state index is -4.57. The molecule has 0 heterocycles. The van der Waals surface area contributed by atoms with E-state index in [1.807, 2.05) is 0 Å². The van der Waals surface area contributed by atoms with Gasteiger partial charge in [-0.3, -0.25) is 0 Å². The van der Waals surface area contributed by atoms with Crippen molar-refractivity contribution in [3.05, 3.63) is 60.2 Å². The Labute approximate surface area is 108 Å². The maximum absolute atomic E-state index is 12.6. The molecule has 0 unspecified atom stereocenters. The van der Waals surface area contributed by atoms with Gasteiger partial charge in [0.15, 0.2) is 0 Å². The maximum Gasteiger partial charge on any atom is 0.416 e. The van der Waals surface area contributed by atoms with E-state index in [0.717, 1.165) is 18.2 Å². The Morgan fingerprint density at radius 3 is 1.95 bits per heavy atom. The molecule has 0 saturated heterocycles. The third-order valence-electron chi connectivity index (χ3n) is 2.53. The SMILES string of the molecule is O=S(=O)(c1ccccc1)c1cccc(C(F)(F)F)c1. The fraction of sp³-hybridized carbons (Fsp3) is 0.0769. The third-order valence-corrected chi connectivity index (χ3v) is 4.29. The van der Waals surface area contributed by atoms with Crippen LogP contribution in [0.2, 0.25) is 0 Å². The van der Waals surface area contributed by atoms with Crippen LogP contribution in [0, 0.1) is 0 Å². The zero-order chi connectivity index (χ0) is 14.1. The third kappa shape index (κ3) is 2.78. The van der Waals surface area contributed by atoms with E-state index in [-0.39, 0.29) is 9.79 Å². The minimum Gasteiger partial charge on any atom is -0.219 e. The van der Waals surface area contributed by atoms with Crippen LogP contribution in [0.5, 0.6) is 0 Å². The monoisotopic (exact) mass is 286 g/mol. The second-order valence-electron chi connectivity index (χ2n) is 3.84. The highest BCUT2D eigenvalue weighted by Crippen LogP contribution is 2.31. The lowest BCUT2D eigenvalue weighted by Gasteiger charge is -2.09. The van der Waals surface area contributed by atoms with E-state index in [9.17, 15) is 21.6 Å². The molecule has 0 radical (unpaired) electrons. The molecule has 2 aromatic rings. The Morgan fingerprint density at radius 1 is 0.789 bits per heavy atom. The van der Waals surface area contributed by atoms with Gasteiger partial charge < -0.3 is 0 Å². The van der Waals surface area contributed by atoms with Crippen molar-refractivity contribution >= 4 is 9.84 Å². The standard InChI is InChI=1S/C13H9F3O2S/c14-13(15,16)10-5-4-8-12(9-10)19(17,18)11-6-2-1-3-7-11/h1-9H. The molecule has 6 heteroatoms. The van der Waals surface area contributed by atoms with E-state index in [1.165, 1.54) is 24.3 Å². The van der Waals surface area contributed by atoms with Crippen molar-refractivity contribution in [2.75, 3.05) is 0 Å². The molecule has 0 amide bonds. The van der Waals surface area contributed by atoms with Crippen molar-refractivity contribution in [2.45, 2.75) is 16.0 Å². The molecule has 0 bridgehead atoms. The quantitative estimate of drug-likeness (QED) is 0.846. The molecule has 0 aliphatic carbocycles. The highest BCUT2D eigenvalue weighted by Gasteiger charge is 2.31. The summed E-state index contributed by atoms with van der Waals surface area (Å²) in [6, 6.07) is 11.1. The Morgan fingerprint density at radius 2 is 1.37 bits per heavy atom. The number of halogens is 3. The van der Waals surface area contributed by atoms with Gasteiger partial charge in [0.2, 0.25) is 9.84 Å². The molecule has 2 rings (SSSR count). The summed E-state index contributed by atoms with van der Waals surface area (Å²) >= 11 is 0. The topological polar surface area (TPSA) is 34.1 Å². The first kappa shape index (κ1) is 13.6. The van der Waals surface area contributed by atoms with E-state index < -0.39 is 21.6 Å². The van der Waals surface area contributed by atoms with Gasteiger partial charge in [0.25, 0.3) is 0 Å². The molecule has 2 nitrogen and oxygen atoms in total. The molecule has 0 aliphatic heterocycles. The van der Waals surface area contributed by atoms with Gasteiger partial charge in [0.05, 0.1) is 15.4 Å². The number of hydrogen-bond acceptors (Lipinski definition) is 2. The fourth-order valence-electron chi connectivity index (χ4n) is 1.58. The molecule has 2 aromatic carbocycles. The van der Waals surface area contributed by atoms with Crippen LogP contribution < -0.4 is 0 Å². The lowest BCUT2D eigenvalue weighted by atomic mass is 10.2. The normalized spacial score (nSPS) is 12.4. The summed E-state index contributed by atoms with van der Waals surface area (Å²) in [7, 11) is -3.92. The van der Waals surface area contributed by atoms with Crippen LogP contribution in [0.4, 0.5) is 13.2 Å². The second kappa shape index (κ2) is 4.70. The highest BCUT2D eigenvalue weighted by molar-refractivity contribution is 7.91. The van der Waals surface area contributed by atoms with Gasteiger partial charge in [-0.25, -0.2) is 8.42 Å². The number of benzene rings is 2. The van der Waals surface area contributed by atoms with Crippen LogP contribution in [0.1, 0.15) is 5.56 Å². The molecule has 0 atom stereocenters. The molecule has 0 saturated carbocycles. The smallest absolute Gasteiger partial charge is 0.219 e. The van der Waals surface area contributed by atoms with Crippen LogP contribution in [0.25, 0.3) is 0 Å². The van der Waals surface area contributed by atoms with Gasteiger partial charge in [-0.15, -0.1) is 0 Å². The Hall–Kier alpha value is -1.82. The predicted molar refractivity (Wildman–Crippen MR) is 63.3 cm³/mol. The van der Waals surface area contributed by atoms with Crippen molar-refractivity contribution < 1.29 is 21.6 Å². The van der Waals surface area contributed by atoms with E-state index in [0.29, 0.717) is 6.07 Å². The van der Waals surface area contributed by atoms with Crippen molar-refractivity contribution in [1.29, 1.82) is 0 Å². The Bertz CT molecular complexity index is 677. The van der Waals surface area contributed by atoms with E-state index in [2.05, 4.69) is 0 Å². The van der Waals surface area contributed by atoms with Crippen molar-refractivity contribution in [3.63, 3.8) is 0 Å². The van der Waals surface area contributed by atoms with Crippen molar-refractivity contribution in [2.24, 2.45) is 0 Å². The molecule has 0 fully saturated rings. The van der Waals surface area contributed by atoms with Crippen LogP contribution >= 0.6 is 0 Å². The van der Waals surface area contributed by atoms with Gasteiger partial charge in [-0.2, -0.15) is 13.2 Å². The van der Waals surface area contributed by atoms with Crippen LogP contribution in [0.3, 0.4) is 0 Å². The Kier molecular flexibility index (Phi) is 3.36. The molecule has 0 aromatic heterocycles. The lowest BCUT2D eigenvalue weighted by Crippen LogP contribution is -2.08. The number of sulfone groups is 1. The summed E-state index contributed by atoms with van der Waals surface area (Å²) in [5.41, 5.74) is -0.982. The van der Waals surface area contributed by atoms with Crippen LogP contribution in [-0.4, -0.2) is 8.42 Å². The summed E-state index contributed by atoms with van der Waals surface area (Å²) in [6.45, 7) is 0. The van der Waals surface area contributed by atoms with Crippen molar-refractivity contribution in [1.82, 2.24) is 0 Å². The molecule has 0 spiro atoms. The largest absolute Gasteiger partial charge is 0.416 e. The zero-order valence-corrected chi connectivity index (χ0v) is 10.4. The Balaban J connectivity index is 2.54. The van der Waals surface area contributed by atoms with E-state index in [4.69, 9.17) is 0 Å². The van der Waals surface area contributed by atoms with Crippen LogP contribution in [-0.2, 0) is 16.0 Å². The molecular formula is C13H9F3O2S. The number of hydrogen-bond donors (Lipinski definition) is 0. The lowest BCUT2D eigenvalue weighted by molar-refractivity contribution is -0.137. The molecule has 19 heavy (non-hydrogen) atoms. The van der Waals surface area contributed by atoms with E-state index >= 15 is 0 Å². The first-order chi connectivity index (χ1) is 8.82. The van der Waals surface area contributed by atoms with Gasteiger partial charge in [-0.05, 0) is 30.3 Å². The van der Waals surface area contributed by atoms with Gasteiger partial charge in [-0.1, -0.05) is 24.3 Å². The van der Waals surface area contributed by atoms with Crippen LogP contribution in [0.15, 0.2) is 64.4 Å². The number of alkyl halides is 3. The zero-order valence-electron chi connectivity index (χ0n) is 9.55. The first-order valence-electron chi connectivity index (χ1n) is 5.29. The predicted octanol–water partition coefficient (Wildman–Crippen LogP) is 3.54. The van der Waals surface area contributed by atoms with E-state index in [1.54, 1.807) is 6.07 Å². The first-order valence-corrected chi connectivity index (χ1v) is 6.77. The average molecular weight is 286 g/mol. The summed E-state index contributed by atoms with van der Waals surface area (Å²) < 4.78 is 62.0. The second-order valence-corrected chi connectivity index (χ2v) is 5.79. The fourth-order valence-corrected chi connectivity index (χ4v) is 2.90. The summed E-state index contributed by atoms with van der Waals surface area (Å²) in [4.78, 5) is -0.400. The summed E-state index contributed by atoms with van der Waals surface area (Å²) in [6.07, 6.45) is -4.57. The van der Waals surface area contributed by atoms with Gasteiger partial charge in [0.1, 0.15) is 0 Å². The summed E-state index contributed by atoms with van der Waals surface area (Å²) in [5.74, 6) is 0. The molecule has 0 N–H and O–H groups in total. The molecular weight excluding hydrogens is 277 g/mol. The average Bonchev–Trinajstić information content (AvgIpc) is 2.39. The van der Waals surface area contributed by atoms with Gasteiger partial charge >= 0.3 is 6.18 Å².